The summed E-state index contributed by atoms with van der Waals surface area (Å²) in [6.45, 7) is 4.77. The summed E-state index contributed by atoms with van der Waals surface area (Å²) >= 11 is 2.09. The molecular weight excluding hydrogens is 226 g/mol. The van der Waals surface area contributed by atoms with Gasteiger partial charge >= 0.3 is 0 Å². The number of thioether (sulfide) groups is 1. The number of fused-ring (bicyclic) bond motifs is 1. The first kappa shape index (κ1) is 11.6. The third-order valence-corrected chi connectivity index (χ3v) is 5.24. The molecule has 2 aliphatic rings. The average Bonchev–Trinajstić information content (AvgIpc) is 2.72. The van der Waals surface area contributed by atoms with Crippen molar-refractivity contribution in [3.8, 4) is 0 Å². The van der Waals surface area contributed by atoms with Gasteiger partial charge in [0.05, 0.1) is 0 Å². The molecule has 0 aliphatic carbocycles. The summed E-state index contributed by atoms with van der Waals surface area (Å²) in [6, 6.07) is 6.91. The molecule has 0 radical (unpaired) electrons. The van der Waals surface area contributed by atoms with Gasteiger partial charge in [-0.2, -0.15) is 0 Å². The van der Waals surface area contributed by atoms with E-state index in [4.69, 9.17) is 0 Å². The number of rotatable bonds is 2. The van der Waals surface area contributed by atoms with Crippen LogP contribution in [-0.2, 0) is 12.8 Å². The van der Waals surface area contributed by atoms with Crippen LogP contribution in [0.5, 0.6) is 0 Å². The van der Waals surface area contributed by atoms with Gasteiger partial charge in [0, 0.05) is 10.1 Å². The Balaban J connectivity index is 1.77. The summed E-state index contributed by atoms with van der Waals surface area (Å²) < 4.78 is 0. The van der Waals surface area contributed by atoms with Gasteiger partial charge in [0.25, 0.3) is 0 Å². The van der Waals surface area contributed by atoms with Crippen molar-refractivity contribution >= 4 is 11.8 Å². The Morgan fingerprint density at radius 2 is 2.35 bits per heavy atom. The Morgan fingerprint density at radius 1 is 1.41 bits per heavy atom. The zero-order chi connectivity index (χ0) is 11.7. The molecule has 2 heterocycles. The van der Waals surface area contributed by atoms with Crippen molar-refractivity contribution in [3.05, 3.63) is 29.3 Å². The van der Waals surface area contributed by atoms with E-state index in [2.05, 4.69) is 42.2 Å². The van der Waals surface area contributed by atoms with Crippen molar-refractivity contribution in [1.29, 1.82) is 0 Å². The molecule has 2 heteroatoms. The maximum Gasteiger partial charge on any atom is 0.0139 e. The molecule has 1 N–H and O–H groups in total. The van der Waals surface area contributed by atoms with Gasteiger partial charge in [0.1, 0.15) is 0 Å². The molecule has 0 bridgehead atoms. The largest absolute Gasteiger partial charge is 0.316 e. The molecule has 92 valence electrons. The molecule has 0 saturated carbocycles. The van der Waals surface area contributed by atoms with Crippen LogP contribution in [0, 0.1) is 5.92 Å². The lowest BCUT2D eigenvalue weighted by atomic mass is 9.91. The predicted molar refractivity (Wildman–Crippen MR) is 74.8 cm³/mol. The van der Waals surface area contributed by atoms with Crippen LogP contribution in [0.15, 0.2) is 23.1 Å². The van der Waals surface area contributed by atoms with Gasteiger partial charge in [0.15, 0.2) is 0 Å². The summed E-state index contributed by atoms with van der Waals surface area (Å²) in [5, 5.41) is 4.30. The summed E-state index contributed by atoms with van der Waals surface area (Å²) in [5.41, 5.74) is 3.19. The number of hydrogen-bond donors (Lipinski definition) is 1. The van der Waals surface area contributed by atoms with E-state index in [9.17, 15) is 0 Å². The fourth-order valence-corrected chi connectivity index (χ4v) is 4.34. The normalized spacial score (nSPS) is 28.1. The van der Waals surface area contributed by atoms with Crippen LogP contribution < -0.4 is 5.32 Å². The van der Waals surface area contributed by atoms with E-state index < -0.39 is 0 Å². The lowest BCUT2D eigenvalue weighted by Gasteiger charge is -2.23. The van der Waals surface area contributed by atoms with Crippen LogP contribution in [0.2, 0.25) is 0 Å². The molecule has 0 spiro atoms. The van der Waals surface area contributed by atoms with Crippen molar-refractivity contribution < 1.29 is 0 Å². The van der Waals surface area contributed by atoms with Crippen molar-refractivity contribution in [3.63, 3.8) is 0 Å². The first-order valence-corrected chi connectivity index (χ1v) is 7.69. The van der Waals surface area contributed by atoms with E-state index in [0.717, 1.165) is 11.2 Å². The second-order valence-electron chi connectivity index (χ2n) is 5.45. The maximum atomic E-state index is 3.52. The fraction of sp³-hybridized carbons (Fsp3) is 0.600. The second-order valence-corrected chi connectivity index (χ2v) is 6.90. The monoisotopic (exact) mass is 247 g/mol. The highest BCUT2D eigenvalue weighted by Gasteiger charge is 2.23. The zero-order valence-corrected chi connectivity index (χ0v) is 11.4. The van der Waals surface area contributed by atoms with E-state index in [-0.39, 0.29) is 0 Å². The zero-order valence-electron chi connectivity index (χ0n) is 10.5. The Morgan fingerprint density at radius 3 is 3.18 bits per heavy atom. The number of benzene rings is 1. The standard InChI is InChI=1S/C15H21NS/c1-11-8-13-5-2-6-14(15(13)17-11)9-12-4-3-7-16-10-12/h2,5-6,11-12,16H,3-4,7-10H2,1H3. The van der Waals surface area contributed by atoms with E-state index >= 15 is 0 Å². The molecule has 1 aromatic carbocycles. The maximum absolute atomic E-state index is 3.52. The molecule has 1 saturated heterocycles. The molecule has 3 rings (SSSR count). The first-order chi connectivity index (χ1) is 8.33. The van der Waals surface area contributed by atoms with Gasteiger partial charge in [-0.05, 0) is 55.8 Å². The van der Waals surface area contributed by atoms with E-state index in [1.54, 1.807) is 16.0 Å². The van der Waals surface area contributed by atoms with Crippen molar-refractivity contribution in [1.82, 2.24) is 5.32 Å². The smallest absolute Gasteiger partial charge is 0.0139 e. The van der Waals surface area contributed by atoms with E-state index in [1.165, 1.54) is 38.8 Å². The van der Waals surface area contributed by atoms with Gasteiger partial charge in [-0.15, -0.1) is 11.8 Å². The quantitative estimate of drug-likeness (QED) is 0.861. The van der Waals surface area contributed by atoms with Gasteiger partial charge in [-0.1, -0.05) is 25.1 Å². The number of nitrogens with one attached hydrogen (secondary N) is 1. The topological polar surface area (TPSA) is 12.0 Å². The van der Waals surface area contributed by atoms with Gasteiger partial charge < -0.3 is 5.32 Å². The van der Waals surface area contributed by atoms with Gasteiger partial charge in [0.2, 0.25) is 0 Å². The molecule has 2 aliphatic heterocycles. The van der Waals surface area contributed by atoms with Gasteiger partial charge in [-0.3, -0.25) is 0 Å². The molecule has 2 unspecified atom stereocenters. The predicted octanol–water partition coefficient (Wildman–Crippen LogP) is 3.27. The lowest BCUT2D eigenvalue weighted by Crippen LogP contribution is -2.30. The van der Waals surface area contributed by atoms with Gasteiger partial charge in [-0.25, -0.2) is 0 Å². The van der Waals surface area contributed by atoms with Crippen molar-refractivity contribution in [2.75, 3.05) is 13.1 Å². The summed E-state index contributed by atoms with van der Waals surface area (Å²) in [7, 11) is 0. The number of piperidine rings is 1. The fourth-order valence-electron chi connectivity index (χ4n) is 3.07. The lowest BCUT2D eigenvalue weighted by molar-refractivity contribution is 0.374. The third-order valence-electron chi connectivity index (χ3n) is 3.91. The molecular formula is C15H21NS. The molecule has 2 atom stereocenters. The van der Waals surface area contributed by atoms with Crippen molar-refractivity contribution in [2.45, 2.75) is 42.8 Å². The van der Waals surface area contributed by atoms with Crippen LogP contribution in [0.3, 0.4) is 0 Å². The van der Waals surface area contributed by atoms with Crippen LogP contribution in [-0.4, -0.2) is 18.3 Å². The Labute approximate surface area is 108 Å². The molecule has 1 fully saturated rings. The molecule has 17 heavy (non-hydrogen) atoms. The summed E-state index contributed by atoms with van der Waals surface area (Å²) in [6.07, 6.45) is 5.28. The summed E-state index contributed by atoms with van der Waals surface area (Å²) in [4.78, 5) is 1.60. The Hall–Kier alpha value is -0.470. The highest BCUT2D eigenvalue weighted by molar-refractivity contribution is 8.00. The van der Waals surface area contributed by atoms with Crippen LogP contribution in [0.25, 0.3) is 0 Å². The Bertz CT molecular complexity index is 396. The average molecular weight is 247 g/mol. The first-order valence-electron chi connectivity index (χ1n) is 6.81. The molecule has 0 amide bonds. The SMILES string of the molecule is CC1Cc2cccc(CC3CCCNC3)c2S1. The minimum atomic E-state index is 0.774. The highest BCUT2D eigenvalue weighted by atomic mass is 32.2. The highest BCUT2D eigenvalue weighted by Crippen LogP contribution is 2.40. The van der Waals surface area contributed by atoms with Crippen LogP contribution >= 0.6 is 11.8 Å². The van der Waals surface area contributed by atoms with E-state index in [1.807, 2.05) is 0 Å². The summed E-state index contributed by atoms with van der Waals surface area (Å²) in [5.74, 6) is 0.853. The molecule has 1 aromatic rings. The second kappa shape index (κ2) is 5.03. The Kier molecular flexibility index (Phi) is 3.44. The third kappa shape index (κ3) is 2.53. The van der Waals surface area contributed by atoms with Crippen LogP contribution in [0.1, 0.15) is 30.9 Å². The van der Waals surface area contributed by atoms with Crippen molar-refractivity contribution in [2.24, 2.45) is 5.92 Å². The minimum Gasteiger partial charge on any atom is -0.316 e. The molecule has 0 aromatic heterocycles. The van der Waals surface area contributed by atoms with Crippen LogP contribution in [0.4, 0.5) is 0 Å². The minimum absolute atomic E-state index is 0.774. The molecule has 1 nitrogen and oxygen atoms in total. The van der Waals surface area contributed by atoms with E-state index in [0.29, 0.717) is 0 Å². The number of hydrogen-bond acceptors (Lipinski definition) is 2.